The average molecular weight is 426 g/mol. The SMILES string of the molecule is CC(C)(C)[Si](C)(C)O[C@@H]1CCCOC[C@H]1N(Cc1ccccc1)Cc1ccccc1. The van der Waals surface area contributed by atoms with Gasteiger partial charge in [-0.3, -0.25) is 4.90 Å². The molecule has 2 aromatic carbocycles. The number of hydrogen-bond donors (Lipinski definition) is 0. The summed E-state index contributed by atoms with van der Waals surface area (Å²) in [4.78, 5) is 2.58. The minimum atomic E-state index is -1.87. The molecule has 3 rings (SSSR count). The molecule has 0 unspecified atom stereocenters. The van der Waals surface area contributed by atoms with Gasteiger partial charge in [-0.15, -0.1) is 0 Å². The van der Waals surface area contributed by atoms with Gasteiger partial charge < -0.3 is 9.16 Å². The average Bonchev–Trinajstić information content (AvgIpc) is 2.93. The molecule has 30 heavy (non-hydrogen) atoms. The molecule has 1 aliphatic heterocycles. The van der Waals surface area contributed by atoms with Crippen LogP contribution < -0.4 is 0 Å². The van der Waals surface area contributed by atoms with Gasteiger partial charge in [0.15, 0.2) is 8.32 Å². The first-order valence-corrected chi connectivity index (χ1v) is 14.2. The van der Waals surface area contributed by atoms with E-state index in [4.69, 9.17) is 9.16 Å². The van der Waals surface area contributed by atoms with E-state index in [1.54, 1.807) is 0 Å². The number of nitrogens with zero attached hydrogens (tertiary/aromatic N) is 1. The van der Waals surface area contributed by atoms with Crippen molar-refractivity contribution >= 4 is 8.32 Å². The Balaban J connectivity index is 1.88. The monoisotopic (exact) mass is 425 g/mol. The van der Waals surface area contributed by atoms with Gasteiger partial charge in [-0.05, 0) is 42.1 Å². The maximum Gasteiger partial charge on any atom is 0.192 e. The maximum atomic E-state index is 7.01. The summed E-state index contributed by atoms with van der Waals surface area (Å²) in [6.45, 7) is 15.1. The Morgan fingerprint density at radius 2 is 1.47 bits per heavy atom. The summed E-state index contributed by atoms with van der Waals surface area (Å²) < 4.78 is 13.1. The van der Waals surface area contributed by atoms with Crippen molar-refractivity contribution in [2.45, 2.75) is 77.0 Å². The number of benzene rings is 2. The third kappa shape index (κ3) is 6.27. The number of ether oxygens (including phenoxy) is 1. The molecule has 4 heteroatoms. The maximum absolute atomic E-state index is 7.01. The lowest BCUT2D eigenvalue weighted by Gasteiger charge is -2.43. The zero-order chi connectivity index (χ0) is 21.6. The highest BCUT2D eigenvalue weighted by molar-refractivity contribution is 6.74. The van der Waals surface area contributed by atoms with Crippen molar-refractivity contribution in [2.75, 3.05) is 13.2 Å². The van der Waals surface area contributed by atoms with Crippen molar-refractivity contribution in [1.29, 1.82) is 0 Å². The lowest BCUT2D eigenvalue weighted by Crippen LogP contribution is -2.52. The molecule has 0 aromatic heterocycles. The first-order chi connectivity index (χ1) is 14.3. The van der Waals surface area contributed by atoms with Gasteiger partial charge in [-0.25, -0.2) is 0 Å². The van der Waals surface area contributed by atoms with E-state index in [0.717, 1.165) is 39.1 Å². The molecule has 0 spiro atoms. The topological polar surface area (TPSA) is 21.7 Å². The van der Waals surface area contributed by atoms with Crippen LogP contribution in [-0.2, 0) is 22.3 Å². The van der Waals surface area contributed by atoms with Crippen LogP contribution in [0.15, 0.2) is 60.7 Å². The summed E-state index contributed by atoms with van der Waals surface area (Å²) in [6, 6.07) is 21.8. The van der Waals surface area contributed by atoms with E-state index in [1.807, 2.05) is 0 Å². The lowest BCUT2D eigenvalue weighted by atomic mass is 10.0. The van der Waals surface area contributed by atoms with Crippen molar-refractivity contribution in [3.05, 3.63) is 71.8 Å². The van der Waals surface area contributed by atoms with Crippen LogP contribution in [0.25, 0.3) is 0 Å². The second-order valence-corrected chi connectivity index (χ2v) is 14.8. The van der Waals surface area contributed by atoms with Gasteiger partial charge >= 0.3 is 0 Å². The highest BCUT2D eigenvalue weighted by atomic mass is 28.4. The molecule has 1 heterocycles. The Morgan fingerprint density at radius 1 is 0.933 bits per heavy atom. The highest BCUT2D eigenvalue weighted by Gasteiger charge is 2.42. The predicted octanol–water partition coefficient (Wildman–Crippen LogP) is 6.26. The third-order valence-corrected chi connectivity index (χ3v) is 11.2. The van der Waals surface area contributed by atoms with E-state index in [9.17, 15) is 0 Å². The molecule has 0 bridgehead atoms. The van der Waals surface area contributed by atoms with Crippen LogP contribution in [-0.4, -0.2) is 38.6 Å². The van der Waals surface area contributed by atoms with Crippen LogP contribution in [0.1, 0.15) is 44.7 Å². The minimum absolute atomic E-state index is 0.203. The van der Waals surface area contributed by atoms with Crippen LogP contribution in [0.3, 0.4) is 0 Å². The van der Waals surface area contributed by atoms with Crippen molar-refractivity contribution in [1.82, 2.24) is 4.90 Å². The van der Waals surface area contributed by atoms with Gasteiger partial charge in [0.25, 0.3) is 0 Å². The Labute approximate surface area is 184 Å². The summed E-state index contributed by atoms with van der Waals surface area (Å²) in [5.41, 5.74) is 2.67. The Morgan fingerprint density at radius 3 is 1.97 bits per heavy atom. The fourth-order valence-corrected chi connectivity index (χ4v) is 5.24. The predicted molar refractivity (Wildman–Crippen MR) is 128 cm³/mol. The van der Waals surface area contributed by atoms with Gasteiger partial charge in [-0.1, -0.05) is 81.4 Å². The number of rotatable bonds is 7. The van der Waals surface area contributed by atoms with E-state index in [-0.39, 0.29) is 17.2 Å². The Kier molecular flexibility index (Phi) is 7.91. The van der Waals surface area contributed by atoms with Crippen LogP contribution >= 0.6 is 0 Å². The second-order valence-electron chi connectivity index (χ2n) is 10.1. The molecule has 2 aromatic rings. The van der Waals surface area contributed by atoms with E-state index in [0.29, 0.717) is 0 Å². The summed E-state index contributed by atoms with van der Waals surface area (Å²) in [5, 5.41) is 0.203. The molecule has 0 aliphatic carbocycles. The van der Waals surface area contributed by atoms with E-state index in [2.05, 4.69) is 99.4 Å². The Bertz CT molecular complexity index is 716. The smallest absolute Gasteiger partial charge is 0.192 e. The minimum Gasteiger partial charge on any atom is -0.412 e. The molecule has 0 N–H and O–H groups in total. The van der Waals surface area contributed by atoms with Gasteiger partial charge in [0, 0.05) is 19.7 Å². The summed E-state index contributed by atoms with van der Waals surface area (Å²) in [6.07, 6.45) is 2.35. The van der Waals surface area contributed by atoms with Gasteiger partial charge in [0.05, 0.1) is 18.8 Å². The first kappa shape index (κ1) is 23.2. The fraction of sp³-hybridized carbons (Fsp3) is 0.538. The molecule has 0 amide bonds. The molecule has 1 aliphatic rings. The zero-order valence-electron chi connectivity index (χ0n) is 19.4. The van der Waals surface area contributed by atoms with Crippen molar-refractivity contribution in [3.63, 3.8) is 0 Å². The van der Waals surface area contributed by atoms with Crippen LogP contribution in [0, 0.1) is 0 Å². The fourth-order valence-electron chi connectivity index (χ4n) is 3.85. The highest BCUT2D eigenvalue weighted by Crippen LogP contribution is 2.39. The van der Waals surface area contributed by atoms with Crippen molar-refractivity contribution in [2.24, 2.45) is 0 Å². The quantitative estimate of drug-likeness (QED) is 0.489. The van der Waals surface area contributed by atoms with Gasteiger partial charge in [-0.2, -0.15) is 0 Å². The molecular formula is C26H39NO2Si. The summed E-state index contributed by atoms with van der Waals surface area (Å²) in [7, 11) is -1.87. The first-order valence-electron chi connectivity index (χ1n) is 11.3. The second kappa shape index (κ2) is 10.2. The molecule has 164 valence electrons. The molecule has 2 atom stereocenters. The normalized spacial score (nSPS) is 20.9. The van der Waals surface area contributed by atoms with Gasteiger partial charge in [0.2, 0.25) is 0 Å². The lowest BCUT2D eigenvalue weighted by molar-refractivity contribution is 0.00803. The van der Waals surface area contributed by atoms with Gasteiger partial charge in [0.1, 0.15) is 0 Å². The third-order valence-electron chi connectivity index (χ3n) is 6.67. The number of hydrogen-bond acceptors (Lipinski definition) is 3. The molecule has 0 radical (unpaired) electrons. The van der Waals surface area contributed by atoms with E-state index >= 15 is 0 Å². The zero-order valence-corrected chi connectivity index (χ0v) is 20.4. The largest absolute Gasteiger partial charge is 0.412 e. The molecule has 1 saturated heterocycles. The van der Waals surface area contributed by atoms with Crippen LogP contribution in [0.4, 0.5) is 0 Å². The van der Waals surface area contributed by atoms with Crippen LogP contribution in [0.2, 0.25) is 18.1 Å². The standard InChI is InChI=1S/C26H39NO2Si/c1-26(2,3)30(4,5)29-25-17-12-18-28-21-24(25)27(19-22-13-8-6-9-14-22)20-23-15-10-7-11-16-23/h6-11,13-16,24-25H,12,17-21H2,1-5H3/t24-,25-/m1/s1. The summed E-state index contributed by atoms with van der Waals surface area (Å²) in [5.74, 6) is 0. The molecular weight excluding hydrogens is 386 g/mol. The van der Waals surface area contributed by atoms with E-state index < -0.39 is 8.32 Å². The van der Waals surface area contributed by atoms with E-state index in [1.165, 1.54) is 11.1 Å². The van der Waals surface area contributed by atoms with Crippen molar-refractivity contribution < 1.29 is 9.16 Å². The molecule has 3 nitrogen and oxygen atoms in total. The Hall–Kier alpha value is -1.46. The molecule has 0 saturated carbocycles. The van der Waals surface area contributed by atoms with Crippen LogP contribution in [0.5, 0.6) is 0 Å². The van der Waals surface area contributed by atoms with Crippen molar-refractivity contribution in [3.8, 4) is 0 Å². The summed E-state index contributed by atoms with van der Waals surface area (Å²) >= 11 is 0. The molecule has 1 fully saturated rings.